The first kappa shape index (κ1) is 12.8. The van der Waals surface area contributed by atoms with Crippen LogP contribution >= 0.6 is 11.6 Å². The summed E-state index contributed by atoms with van der Waals surface area (Å²) in [7, 11) is 0. The van der Waals surface area contributed by atoms with E-state index in [-0.39, 0.29) is 17.9 Å². The number of carbonyl (C=O) groups excluding carboxylic acids is 1. The summed E-state index contributed by atoms with van der Waals surface area (Å²) < 4.78 is 0. The molecule has 0 saturated carbocycles. The van der Waals surface area contributed by atoms with Gasteiger partial charge in [0.1, 0.15) is 0 Å². The number of halogens is 1. The maximum atomic E-state index is 11.6. The van der Waals surface area contributed by atoms with Crippen molar-refractivity contribution in [1.82, 2.24) is 5.32 Å². The van der Waals surface area contributed by atoms with Crippen molar-refractivity contribution >= 4 is 17.5 Å². The molecule has 2 nitrogen and oxygen atoms in total. The molecule has 1 atom stereocenters. The van der Waals surface area contributed by atoms with Gasteiger partial charge < -0.3 is 5.32 Å². The summed E-state index contributed by atoms with van der Waals surface area (Å²) >= 11 is 5.69. The van der Waals surface area contributed by atoms with Crippen LogP contribution in [0, 0.1) is 5.92 Å². The summed E-state index contributed by atoms with van der Waals surface area (Å²) in [5, 5.41) is 2.95. The molecule has 3 heteroatoms. The zero-order valence-electron chi connectivity index (χ0n) is 8.77. The van der Waals surface area contributed by atoms with Gasteiger partial charge in [0.2, 0.25) is 5.91 Å². The fourth-order valence-corrected chi connectivity index (χ4v) is 1.52. The average Bonchev–Trinajstić information content (AvgIpc) is 2.16. The van der Waals surface area contributed by atoms with Gasteiger partial charge in [-0.15, -0.1) is 11.6 Å². The Morgan fingerprint density at radius 1 is 1.23 bits per heavy atom. The van der Waals surface area contributed by atoms with Crippen LogP contribution < -0.4 is 5.32 Å². The van der Waals surface area contributed by atoms with Crippen LogP contribution in [0.5, 0.6) is 0 Å². The summed E-state index contributed by atoms with van der Waals surface area (Å²) in [4.78, 5) is 11.6. The molecule has 0 rings (SSSR count). The molecule has 0 fully saturated rings. The molecule has 1 amide bonds. The number of alkyl halides is 1. The molecule has 0 aliphatic heterocycles. The molecule has 0 aromatic heterocycles. The third-order valence-electron chi connectivity index (χ3n) is 2.38. The average molecular weight is 206 g/mol. The van der Waals surface area contributed by atoms with Crippen molar-refractivity contribution < 1.29 is 4.79 Å². The van der Waals surface area contributed by atoms with Gasteiger partial charge in [-0.05, 0) is 19.3 Å². The highest BCUT2D eigenvalue weighted by Gasteiger charge is 2.16. The summed E-state index contributed by atoms with van der Waals surface area (Å²) in [5.41, 5.74) is 0. The molecule has 0 radical (unpaired) electrons. The molecule has 1 unspecified atom stereocenters. The minimum atomic E-state index is 0.134. The summed E-state index contributed by atoms with van der Waals surface area (Å²) in [6, 6.07) is 0.134. The van der Waals surface area contributed by atoms with E-state index >= 15 is 0 Å². The third kappa shape index (κ3) is 4.51. The lowest BCUT2D eigenvalue weighted by Crippen LogP contribution is -2.39. The molecule has 0 heterocycles. The fraction of sp³-hybridized carbons (Fsp3) is 0.900. The van der Waals surface area contributed by atoms with Gasteiger partial charge in [-0.3, -0.25) is 4.79 Å². The number of hydrogen-bond acceptors (Lipinski definition) is 1. The van der Waals surface area contributed by atoms with E-state index in [0.717, 1.165) is 19.3 Å². The van der Waals surface area contributed by atoms with Gasteiger partial charge in [0.25, 0.3) is 0 Å². The van der Waals surface area contributed by atoms with Crippen LogP contribution in [0.1, 0.15) is 40.0 Å². The molecular weight excluding hydrogens is 186 g/mol. The van der Waals surface area contributed by atoms with Crippen molar-refractivity contribution in [3.05, 3.63) is 0 Å². The van der Waals surface area contributed by atoms with Gasteiger partial charge in [0, 0.05) is 17.8 Å². The van der Waals surface area contributed by atoms with Gasteiger partial charge in [0.15, 0.2) is 0 Å². The highest BCUT2D eigenvalue weighted by Crippen LogP contribution is 2.08. The number of rotatable bonds is 6. The fourth-order valence-electron chi connectivity index (χ4n) is 1.23. The van der Waals surface area contributed by atoms with E-state index in [1.807, 2.05) is 20.8 Å². The second kappa shape index (κ2) is 7.19. The van der Waals surface area contributed by atoms with Crippen molar-refractivity contribution in [3.63, 3.8) is 0 Å². The second-order valence-electron chi connectivity index (χ2n) is 3.28. The molecule has 78 valence electrons. The van der Waals surface area contributed by atoms with Gasteiger partial charge in [-0.1, -0.05) is 20.8 Å². The predicted molar refractivity (Wildman–Crippen MR) is 57.0 cm³/mol. The zero-order chi connectivity index (χ0) is 10.3. The Morgan fingerprint density at radius 3 is 2.08 bits per heavy atom. The first-order valence-corrected chi connectivity index (χ1v) is 5.59. The summed E-state index contributed by atoms with van der Waals surface area (Å²) in [6.45, 7) is 6.10. The Kier molecular flexibility index (Phi) is 7.06. The molecule has 0 bridgehead atoms. The first-order valence-electron chi connectivity index (χ1n) is 5.05. The number of carbonyl (C=O) groups is 1. The van der Waals surface area contributed by atoms with Crippen LogP contribution in [0.2, 0.25) is 0 Å². The minimum absolute atomic E-state index is 0.134. The molecule has 0 aliphatic rings. The Bertz CT molecular complexity index is 142. The van der Waals surface area contributed by atoms with E-state index in [1.54, 1.807) is 0 Å². The molecule has 1 N–H and O–H groups in total. The van der Waals surface area contributed by atoms with Crippen LogP contribution in [-0.2, 0) is 4.79 Å². The number of hydrogen-bond donors (Lipinski definition) is 1. The van der Waals surface area contributed by atoms with Crippen molar-refractivity contribution in [2.75, 3.05) is 5.88 Å². The van der Waals surface area contributed by atoms with Crippen LogP contribution in [0.15, 0.2) is 0 Å². The standard InChI is InChI=1S/C10H20ClNO/c1-4-8(5-2)10(13)12-9(6-3)7-11/h8-9H,4-7H2,1-3H3,(H,12,13). The highest BCUT2D eigenvalue weighted by atomic mass is 35.5. The van der Waals surface area contributed by atoms with Crippen molar-refractivity contribution in [2.24, 2.45) is 5.92 Å². The largest absolute Gasteiger partial charge is 0.352 e. The molecule has 0 saturated heterocycles. The molecule has 0 aliphatic carbocycles. The lowest BCUT2D eigenvalue weighted by molar-refractivity contribution is -0.125. The lowest BCUT2D eigenvalue weighted by atomic mass is 10.0. The second-order valence-corrected chi connectivity index (χ2v) is 3.59. The smallest absolute Gasteiger partial charge is 0.223 e. The Hall–Kier alpha value is -0.240. The van der Waals surface area contributed by atoms with Gasteiger partial charge in [-0.25, -0.2) is 0 Å². The van der Waals surface area contributed by atoms with E-state index in [4.69, 9.17) is 11.6 Å². The topological polar surface area (TPSA) is 29.1 Å². The minimum Gasteiger partial charge on any atom is -0.352 e. The quantitative estimate of drug-likeness (QED) is 0.664. The summed E-state index contributed by atoms with van der Waals surface area (Å²) in [6.07, 6.45) is 2.71. The van der Waals surface area contributed by atoms with E-state index < -0.39 is 0 Å². The summed E-state index contributed by atoms with van der Waals surface area (Å²) in [5.74, 6) is 0.803. The third-order valence-corrected chi connectivity index (χ3v) is 2.75. The van der Waals surface area contributed by atoms with Crippen LogP contribution in [0.3, 0.4) is 0 Å². The predicted octanol–water partition coefficient (Wildman–Crippen LogP) is 2.56. The molecule has 0 aromatic carbocycles. The molecular formula is C10H20ClNO. The van der Waals surface area contributed by atoms with Crippen LogP contribution in [0.4, 0.5) is 0 Å². The number of nitrogens with one attached hydrogen (secondary N) is 1. The van der Waals surface area contributed by atoms with Gasteiger partial charge in [0.05, 0.1) is 0 Å². The van der Waals surface area contributed by atoms with E-state index in [1.165, 1.54) is 0 Å². The monoisotopic (exact) mass is 205 g/mol. The van der Waals surface area contributed by atoms with Gasteiger partial charge >= 0.3 is 0 Å². The lowest BCUT2D eigenvalue weighted by Gasteiger charge is -2.18. The van der Waals surface area contributed by atoms with Crippen molar-refractivity contribution in [3.8, 4) is 0 Å². The van der Waals surface area contributed by atoms with Crippen molar-refractivity contribution in [2.45, 2.75) is 46.1 Å². The first-order chi connectivity index (χ1) is 6.19. The van der Waals surface area contributed by atoms with Crippen LogP contribution in [-0.4, -0.2) is 17.8 Å². The van der Waals surface area contributed by atoms with E-state index in [9.17, 15) is 4.79 Å². The zero-order valence-corrected chi connectivity index (χ0v) is 9.53. The molecule has 13 heavy (non-hydrogen) atoms. The van der Waals surface area contributed by atoms with E-state index in [2.05, 4.69) is 5.32 Å². The van der Waals surface area contributed by atoms with E-state index in [0.29, 0.717) is 5.88 Å². The SMILES string of the molecule is CCC(CCl)NC(=O)C(CC)CC. The van der Waals surface area contributed by atoms with Gasteiger partial charge in [-0.2, -0.15) is 0 Å². The highest BCUT2D eigenvalue weighted by molar-refractivity contribution is 6.18. The maximum absolute atomic E-state index is 11.6. The maximum Gasteiger partial charge on any atom is 0.223 e. The van der Waals surface area contributed by atoms with Crippen LogP contribution in [0.25, 0.3) is 0 Å². The Labute approximate surface area is 86.0 Å². The Morgan fingerprint density at radius 2 is 1.77 bits per heavy atom. The normalized spacial score (nSPS) is 13.0. The molecule has 0 aromatic rings. The number of amides is 1. The van der Waals surface area contributed by atoms with Crippen molar-refractivity contribution in [1.29, 1.82) is 0 Å². The Balaban J connectivity index is 3.95. The molecule has 0 spiro atoms.